The molecule has 3 fully saturated rings. The molecule has 0 radical (unpaired) electrons. The number of hydrogen-bond acceptors (Lipinski definition) is 7. The van der Waals surface area contributed by atoms with E-state index in [1.807, 2.05) is 36.7 Å². The average molecular weight is 476 g/mol. The Hall–Kier alpha value is -2.61. The molecule has 3 aromatic rings. The van der Waals surface area contributed by atoms with Gasteiger partial charge in [-0.3, -0.25) is 9.88 Å². The van der Waals surface area contributed by atoms with Crippen molar-refractivity contribution >= 4 is 0 Å². The molecule has 0 spiro atoms. The van der Waals surface area contributed by atoms with E-state index in [-0.39, 0.29) is 6.61 Å². The minimum atomic E-state index is -0.0512. The summed E-state index contributed by atoms with van der Waals surface area (Å²) < 4.78 is 5.61. The molecule has 7 heteroatoms. The van der Waals surface area contributed by atoms with Gasteiger partial charge in [-0.05, 0) is 68.5 Å². The molecule has 0 aromatic carbocycles. The normalized spacial score (nSPS) is 23.8. The standard InChI is InChI=1S/C28H37N5O2/c1-3-19(4-2)26-14-27(32-28(31-26)20-7-10-29-11-8-20)25-17-33-12-9-21(25)13-22(33)15-30-16-23-5-6-24(18-34)35-23/h5-8,10-11,14,19,21-22,25,30,34H,3-4,9,12-13,15-18H2,1-2H3/t21-,22?,25-/m0/s1. The van der Waals surface area contributed by atoms with Crippen LogP contribution in [0.2, 0.25) is 0 Å². The first-order valence-electron chi connectivity index (χ1n) is 13.1. The highest BCUT2D eigenvalue weighted by Crippen LogP contribution is 2.42. The van der Waals surface area contributed by atoms with Crippen LogP contribution in [0, 0.1) is 5.92 Å². The van der Waals surface area contributed by atoms with Crippen molar-refractivity contribution in [3.63, 3.8) is 0 Å². The van der Waals surface area contributed by atoms with Crippen molar-refractivity contribution in [1.29, 1.82) is 0 Å². The highest BCUT2D eigenvalue weighted by Gasteiger charge is 2.41. The van der Waals surface area contributed by atoms with Crippen molar-refractivity contribution in [3.8, 4) is 11.4 Å². The van der Waals surface area contributed by atoms with E-state index in [9.17, 15) is 5.11 Å². The van der Waals surface area contributed by atoms with Gasteiger partial charge < -0.3 is 14.8 Å². The maximum Gasteiger partial charge on any atom is 0.159 e. The molecule has 3 aromatic heterocycles. The summed E-state index contributed by atoms with van der Waals surface area (Å²) in [5.74, 6) is 3.89. The van der Waals surface area contributed by atoms with Gasteiger partial charge in [0.15, 0.2) is 5.82 Å². The fourth-order valence-corrected chi connectivity index (χ4v) is 5.87. The number of nitrogens with zero attached hydrogens (tertiary/aromatic N) is 4. The van der Waals surface area contributed by atoms with Crippen molar-refractivity contribution in [1.82, 2.24) is 25.2 Å². The van der Waals surface area contributed by atoms with Crippen LogP contribution < -0.4 is 5.32 Å². The van der Waals surface area contributed by atoms with Crippen LogP contribution in [0.25, 0.3) is 11.4 Å². The van der Waals surface area contributed by atoms with E-state index >= 15 is 0 Å². The Morgan fingerprint density at radius 3 is 2.60 bits per heavy atom. The lowest BCUT2D eigenvalue weighted by atomic mass is 9.74. The molecule has 0 saturated carbocycles. The third kappa shape index (κ3) is 5.32. The number of aliphatic hydroxyl groups excluding tert-OH is 1. The van der Waals surface area contributed by atoms with E-state index < -0.39 is 0 Å². The maximum absolute atomic E-state index is 9.20. The SMILES string of the molecule is CCC(CC)c1cc([C@H]2CN3CC[C@H]2CC3CNCc2ccc(CO)o2)nc(-c2ccncc2)n1. The fourth-order valence-electron chi connectivity index (χ4n) is 5.87. The summed E-state index contributed by atoms with van der Waals surface area (Å²) in [6.45, 7) is 8.31. The molecule has 4 atom stereocenters. The van der Waals surface area contributed by atoms with Gasteiger partial charge in [0.1, 0.15) is 18.1 Å². The van der Waals surface area contributed by atoms with Crippen LogP contribution in [0.4, 0.5) is 0 Å². The first-order valence-corrected chi connectivity index (χ1v) is 13.1. The van der Waals surface area contributed by atoms with E-state index in [1.165, 1.54) is 24.2 Å². The van der Waals surface area contributed by atoms with E-state index in [0.717, 1.165) is 49.6 Å². The molecular formula is C28H37N5O2. The lowest BCUT2D eigenvalue weighted by Gasteiger charge is -2.50. The minimum absolute atomic E-state index is 0.0512. The molecule has 3 aliphatic heterocycles. The van der Waals surface area contributed by atoms with Gasteiger partial charge in [0.05, 0.1) is 6.54 Å². The van der Waals surface area contributed by atoms with Gasteiger partial charge in [-0.25, -0.2) is 9.97 Å². The van der Waals surface area contributed by atoms with Crippen molar-refractivity contribution in [2.24, 2.45) is 5.92 Å². The Bertz CT molecular complexity index is 1100. The fraction of sp³-hybridized carbons (Fsp3) is 0.536. The molecule has 0 aliphatic carbocycles. The molecule has 3 aliphatic rings. The smallest absolute Gasteiger partial charge is 0.159 e. The maximum atomic E-state index is 9.20. The zero-order valence-corrected chi connectivity index (χ0v) is 20.9. The van der Waals surface area contributed by atoms with E-state index in [4.69, 9.17) is 14.4 Å². The number of pyridine rings is 1. The lowest BCUT2D eigenvalue weighted by molar-refractivity contribution is 0.0290. The third-order valence-electron chi connectivity index (χ3n) is 7.92. The number of nitrogens with one attached hydrogen (secondary N) is 1. The molecule has 2 bridgehead atoms. The van der Waals surface area contributed by atoms with Gasteiger partial charge >= 0.3 is 0 Å². The Labute approximate surface area is 208 Å². The molecule has 186 valence electrons. The molecule has 6 heterocycles. The molecule has 2 unspecified atom stereocenters. The largest absolute Gasteiger partial charge is 0.462 e. The predicted octanol–water partition coefficient (Wildman–Crippen LogP) is 4.50. The monoisotopic (exact) mass is 475 g/mol. The molecule has 35 heavy (non-hydrogen) atoms. The van der Waals surface area contributed by atoms with Crippen molar-refractivity contribution in [3.05, 3.63) is 65.6 Å². The Morgan fingerprint density at radius 1 is 1.11 bits per heavy atom. The van der Waals surface area contributed by atoms with E-state index in [2.05, 4.69) is 35.1 Å². The summed E-state index contributed by atoms with van der Waals surface area (Å²) in [6, 6.07) is 10.6. The average Bonchev–Trinajstić information content (AvgIpc) is 3.38. The number of aliphatic hydroxyl groups is 1. The third-order valence-corrected chi connectivity index (χ3v) is 7.92. The van der Waals surface area contributed by atoms with Crippen LogP contribution in [-0.2, 0) is 13.2 Å². The second kappa shape index (κ2) is 11.0. The number of hydrogen-bond donors (Lipinski definition) is 2. The number of fused-ring (bicyclic) bond motifs is 3. The second-order valence-electron chi connectivity index (χ2n) is 9.99. The molecule has 3 saturated heterocycles. The summed E-state index contributed by atoms with van der Waals surface area (Å²) in [5, 5.41) is 12.8. The van der Waals surface area contributed by atoms with Gasteiger partial charge in [-0.15, -0.1) is 0 Å². The highest BCUT2D eigenvalue weighted by atomic mass is 16.4. The number of piperidine rings is 3. The predicted molar refractivity (Wildman–Crippen MR) is 136 cm³/mol. The van der Waals surface area contributed by atoms with Gasteiger partial charge in [-0.2, -0.15) is 0 Å². The van der Waals surface area contributed by atoms with Crippen LogP contribution in [0.3, 0.4) is 0 Å². The summed E-state index contributed by atoms with van der Waals surface area (Å²) in [7, 11) is 0. The van der Waals surface area contributed by atoms with Crippen LogP contribution in [0.1, 0.15) is 74.3 Å². The summed E-state index contributed by atoms with van der Waals surface area (Å²) in [5.41, 5.74) is 3.43. The molecule has 2 N–H and O–H groups in total. The van der Waals surface area contributed by atoms with E-state index in [0.29, 0.717) is 36.1 Å². The zero-order valence-electron chi connectivity index (χ0n) is 20.9. The van der Waals surface area contributed by atoms with Crippen LogP contribution >= 0.6 is 0 Å². The van der Waals surface area contributed by atoms with Crippen molar-refractivity contribution < 1.29 is 9.52 Å². The Balaban J connectivity index is 1.31. The summed E-state index contributed by atoms with van der Waals surface area (Å²) in [6.07, 6.45) is 8.24. The van der Waals surface area contributed by atoms with Crippen LogP contribution in [0.5, 0.6) is 0 Å². The van der Waals surface area contributed by atoms with Gasteiger partial charge in [0, 0.05) is 60.3 Å². The summed E-state index contributed by atoms with van der Waals surface area (Å²) in [4.78, 5) is 16.9. The first-order chi connectivity index (χ1) is 17.2. The van der Waals surface area contributed by atoms with Gasteiger partial charge in [0.25, 0.3) is 0 Å². The highest BCUT2D eigenvalue weighted by molar-refractivity contribution is 5.54. The molecule has 7 nitrogen and oxygen atoms in total. The molecule has 0 amide bonds. The van der Waals surface area contributed by atoms with E-state index in [1.54, 1.807) is 0 Å². The van der Waals surface area contributed by atoms with Crippen LogP contribution in [0.15, 0.2) is 47.1 Å². The Morgan fingerprint density at radius 2 is 1.91 bits per heavy atom. The molecular weight excluding hydrogens is 438 g/mol. The summed E-state index contributed by atoms with van der Waals surface area (Å²) >= 11 is 0. The zero-order chi connectivity index (χ0) is 24.2. The van der Waals surface area contributed by atoms with Gasteiger partial charge in [0.2, 0.25) is 0 Å². The molecule has 6 rings (SSSR count). The number of furan rings is 1. The minimum Gasteiger partial charge on any atom is -0.462 e. The van der Waals surface area contributed by atoms with Crippen molar-refractivity contribution in [2.75, 3.05) is 19.6 Å². The van der Waals surface area contributed by atoms with Crippen molar-refractivity contribution in [2.45, 2.75) is 70.6 Å². The number of aromatic nitrogens is 3. The van der Waals surface area contributed by atoms with Gasteiger partial charge in [-0.1, -0.05) is 13.8 Å². The number of rotatable bonds is 10. The first kappa shape index (κ1) is 24.1. The second-order valence-corrected chi connectivity index (χ2v) is 9.99. The van der Waals surface area contributed by atoms with Crippen LogP contribution in [-0.4, -0.2) is 50.6 Å². The lowest BCUT2D eigenvalue weighted by Crippen LogP contribution is -2.55. The quantitative estimate of drug-likeness (QED) is 0.447. The Kier molecular flexibility index (Phi) is 7.56. The topological polar surface area (TPSA) is 87.3 Å².